The van der Waals surface area contributed by atoms with Crippen molar-refractivity contribution in [2.45, 2.75) is 25.9 Å². The van der Waals surface area contributed by atoms with E-state index in [0.717, 1.165) is 21.2 Å². The molecule has 1 aromatic heterocycles. The Morgan fingerprint density at radius 3 is 2.48 bits per heavy atom. The van der Waals surface area contributed by atoms with Gasteiger partial charge in [0.05, 0.1) is 6.04 Å². The first-order valence-electron chi connectivity index (χ1n) is 7.13. The van der Waals surface area contributed by atoms with Gasteiger partial charge in [0.1, 0.15) is 11.3 Å². The van der Waals surface area contributed by atoms with Crippen molar-refractivity contribution < 1.29 is 4.42 Å². The van der Waals surface area contributed by atoms with Crippen LogP contribution >= 0.6 is 15.9 Å². The van der Waals surface area contributed by atoms with Crippen molar-refractivity contribution in [1.29, 1.82) is 0 Å². The van der Waals surface area contributed by atoms with Gasteiger partial charge in [-0.2, -0.15) is 0 Å². The average molecular weight is 344 g/mol. The van der Waals surface area contributed by atoms with Crippen LogP contribution in [-0.2, 0) is 0 Å². The fourth-order valence-corrected chi connectivity index (χ4v) is 2.92. The lowest BCUT2D eigenvalue weighted by molar-refractivity contribution is 0.417. The van der Waals surface area contributed by atoms with Crippen LogP contribution in [0.1, 0.15) is 37.3 Å². The Bertz CT molecular complexity index is 735. The molecule has 0 bridgehead atoms. The van der Waals surface area contributed by atoms with Gasteiger partial charge >= 0.3 is 0 Å². The summed E-state index contributed by atoms with van der Waals surface area (Å²) >= 11 is 3.49. The molecule has 0 aliphatic heterocycles. The van der Waals surface area contributed by atoms with Crippen LogP contribution in [0.15, 0.2) is 63.5 Å². The lowest BCUT2D eigenvalue weighted by Crippen LogP contribution is -2.22. The molecule has 3 aromatic rings. The summed E-state index contributed by atoms with van der Waals surface area (Å²) in [4.78, 5) is 0. The fourth-order valence-electron chi connectivity index (χ4n) is 2.54. The summed E-state index contributed by atoms with van der Waals surface area (Å²) in [5.41, 5.74) is 2.21. The lowest BCUT2D eigenvalue weighted by atomic mass is 10.1. The van der Waals surface area contributed by atoms with Gasteiger partial charge < -0.3 is 9.73 Å². The molecule has 1 heterocycles. The van der Waals surface area contributed by atoms with Gasteiger partial charge in [-0.1, -0.05) is 46.3 Å². The SMILES string of the molecule is CC(N[C@H](C)c1ccccc1)c1cc2cc(Br)ccc2o1. The van der Waals surface area contributed by atoms with Crippen LogP contribution in [0.2, 0.25) is 0 Å². The second-order valence-electron chi connectivity index (χ2n) is 5.35. The Morgan fingerprint density at radius 2 is 1.71 bits per heavy atom. The molecule has 0 saturated heterocycles. The summed E-state index contributed by atoms with van der Waals surface area (Å²) in [7, 11) is 0. The highest BCUT2D eigenvalue weighted by Gasteiger charge is 2.15. The molecule has 0 radical (unpaired) electrons. The molecular formula is C18H18BrNO. The zero-order valence-electron chi connectivity index (χ0n) is 12.1. The maximum Gasteiger partial charge on any atom is 0.134 e. The van der Waals surface area contributed by atoms with E-state index in [1.54, 1.807) is 0 Å². The number of nitrogens with one attached hydrogen (secondary N) is 1. The van der Waals surface area contributed by atoms with E-state index in [1.165, 1.54) is 5.56 Å². The van der Waals surface area contributed by atoms with Crippen molar-refractivity contribution >= 4 is 26.9 Å². The number of halogens is 1. The van der Waals surface area contributed by atoms with E-state index < -0.39 is 0 Å². The molecule has 0 fully saturated rings. The molecule has 0 amide bonds. The number of hydrogen-bond acceptors (Lipinski definition) is 2. The lowest BCUT2D eigenvalue weighted by Gasteiger charge is -2.18. The minimum atomic E-state index is 0.159. The van der Waals surface area contributed by atoms with Crippen molar-refractivity contribution in [3.8, 4) is 0 Å². The largest absolute Gasteiger partial charge is 0.459 e. The van der Waals surface area contributed by atoms with Crippen LogP contribution in [0.5, 0.6) is 0 Å². The van der Waals surface area contributed by atoms with Crippen LogP contribution in [-0.4, -0.2) is 0 Å². The minimum Gasteiger partial charge on any atom is -0.459 e. The molecule has 2 nitrogen and oxygen atoms in total. The normalized spacial score (nSPS) is 14.2. The van der Waals surface area contributed by atoms with Crippen molar-refractivity contribution in [3.05, 3.63) is 70.4 Å². The molecule has 2 atom stereocenters. The molecule has 1 N–H and O–H groups in total. The third-order valence-electron chi connectivity index (χ3n) is 3.72. The zero-order valence-corrected chi connectivity index (χ0v) is 13.7. The van der Waals surface area contributed by atoms with E-state index >= 15 is 0 Å². The molecule has 0 aliphatic rings. The van der Waals surface area contributed by atoms with E-state index in [2.05, 4.69) is 71.5 Å². The van der Waals surface area contributed by atoms with Gasteiger partial charge in [-0.05, 0) is 43.7 Å². The minimum absolute atomic E-state index is 0.159. The first-order valence-corrected chi connectivity index (χ1v) is 7.93. The van der Waals surface area contributed by atoms with Gasteiger partial charge in [0.15, 0.2) is 0 Å². The Labute approximate surface area is 133 Å². The molecule has 0 saturated carbocycles. The van der Waals surface area contributed by atoms with Crippen molar-refractivity contribution in [3.63, 3.8) is 0 Å². The first-order chi connectivity index (χ1) is 10.1. The van der Waals surface area contributed by atoms with Gasteiger partial charge in [0, 0.05) is 15.9 Å². The molecule has 1 unspecified atom stereocenters. The number of benzene rings is 2. The Kier molecular flexibility index (Phi) is 4.13. The fraction of sp³-hybridized carbons (Fsp3) is 0.222. The van der Waals surface area contributed by atoms with E-state index in [4.69, 9.17) is 4.42 Å². The monoisotopic (exact) mass is 343 g/mol. The molecule has 0 spiro atoms. The smallest absolute Gasteiger partial charge is 0.134 e. The van der Waals surface area contributed by atoms with Crippen molar-refractivity contribution in [1.82, 2.24) is 5.32 Å². The number of fused-ring (bicyclic) bond motifs is 1. The quantitative estimate of drug-likeness (QED) is 0.666. The maximum absolute atomic E-state index is 5.94. The molecule has 0 aliphatic carbocycles. The summed E-state index contributed by atoms with van der Waals surface area (Å²) in [6.07, 6.45) is 0. The zero-order chi connectivity index (χ0) is 14.8. The maximum atomic E-state index is 5.94. The van der Waals surface area contributed by atoms with E-state index in [-0.39, 0.29) is 12.1 Å². The highest BCUT2D eigenvalue weighted by molar-refractivity contribution is 9.10. The number of furan rings is 1. The Morgan fingerprint density at radius 1 is 0.952 bits per heavy atom. The molecule has 21 heavy (non-hydrogen) atoms. The van der Waals surface area contributed by atoms with Crippen LogP contribution in [0.25, 0.3) is 11.0 Å². The predicted octanol–water partition coefficient (Wildman–Crippen LogP) is 5.61. The topological polar surface area (TPSA) is 25.2 Å². The second-order valence-corrected chi connectivity index (χ2v) is 6.27. The highest BCUT2D eigenvalue weighted by Crippen LogP contribution is 2.27. The van der Waals surface area contributed by atoms with Gasteiger partial charge in [0.25, 0.3) is 0 Å². The Hall–Kier alpha value is -1.58. The van der Waals surface area contributed by atoms with Gasteiger partial charge in [-0.3, -0.25) is 0 Å². The molecule has 2 aromatic carbocycles. The van der Waals surface area contributed by atoms with Gasteiger partial charge in [-0.25, -0.2) is 0 Å². The summed E-state index contributed by atoms with van der Waals surface area (Å²) < 4.78 is 7.01. The van der Waals surface area contributed by atoms with Crippen LogP contribution in [0.4, 0.5) is 0 Å². The van der Waals surface area contributed by atoms with Crippen molar-refractivity contribution in [2.24, 2.45) is 0 Å². The van der Waals surface area contributed by atoms with E-state index in [0.29, 0.717) is 0 Å². The van der Waals surface area contributed by atoms with Crippen molar-refractivity contribution in [2.75, 3.05) is 0 Å². The average Bonchev–Trinajstić information content (AvgIpc) is 2.91. The first kappa shape index (κ1) is 14.4. The second kappa shape index (κ2) is 6.04. The van der Waals surface area contributed by atoms with Crippen LogP contribution in [0, 0.1) is 0 Å². The number of rotatable bonds is 4. The predicted molar refractivity (Wildman–Crippen MR) is 90.3 cm³/mol. The molecule has 108 valence electrons. The number of hydrogen-bond donors (Lipinski definition) is 1. The standard InChI is InChI=1S/C18H18BrNO/c1-12(14-6-4-3-5-7-14)20-13(2)18-11-15-10-16(19)8-9-17(15)21-18/h3-13,20H,1-2H3/t12-,13?/m1/s1. The highest BCUT2D eigenvalue weighted by atomic mass is 79.9. The third-order valence-corrected chi connectivity index (χ3v) is 4.22. The summed E-state index contributed by atoms with van der Waals surface area (Å²) in [5, 5.41) is 4.71. The van der Waals surface area contributed by atoms with E-state index in [9.17, 15) is 0 Å². The van der Waals surface area contributed by atoms with E-state index in [1.807, 2.05) is 18.2 Å². The summed E-state index contributed by atoms with van der Waals surface area (Å²) in [6, 6.07) is 19.1. The van der Waals surface area contributed by atoms with Crippen LogP contribution in [0.3, 0.4) is 0 Å². The Balaban J connectivity index is 1.79. The molecule has 3 heteroatoms. The molecular weight excluding hydrogens is 326 g/mol. The van der Waals surface area contributed by atoms with Gasteiger partial charge in [-0.15, -0.1) is 0 Å². The summed E-state index contributed by atoms with van der Waals surface area (Å²) in [6.45, 7) is 4.30. The molecule has 3 rings (SSSR count). The van der Waals surface area contributed by atoms with Crippen LogP contribution < -0.4 is 5.32 Å². The summed E-state index contributed by atoms with van der Waals surface area (Å²) in [5.74, 6) is 0.964. The third kappa shape index (κ3) is 3.20. The van der Waals surface area contributed by atoms with Gasteiger partial charge in [0.2, 0.25) is 0 Å².